The zero-order valence-corrected chi connectivity index (χ0v) is 12.5. The maximum absolute atomic E-state index is 11.5. The molecule has 4 nitrogen and oxygen atoms in total. The topological polar surface area (TPSA) is 46.6 Å². The maximum Gasteiger partial charge on any atom is 0.264 e. The third-order valence-corrected chi connectivity index (χ3v) is 4.57. The number of rotatable bonds is 5. The van der Waals surface area contributed by atoms with Gasteiger partial charge >= 0.3 is 0 Å². The molecule has 1 fully saturated rings. The third-order valence-electron chi connectivity index (χ3n) is 3.23. The molecule has 0 amide bonds. The Morgan fingerprint density at radius 3 is 2.63 bits per heavy atom. The van der Waals surface area contributed by atoms with E-state index < -0.39 is 9.05 Å². The van der Waals surface area contributed by atoms with Gasteiger partial charge in [0.25, 0.3) is 9.05 Å². The van der Waals surface area contributed by atoms with Crippen molar-refractivity contribution in [3.05, 3.63) is 23.8 Å². The van der Waals surface area contributed by atoms with Crippen molar-refractivity contribution in [3.8, 4) is 5.75 Å². The lowest BCUT2D eigenvalue weighted by Crippen LogP contribution is -2.25. The van der Waals surface area contributed by atoms with E-state index in [1.165, 1.54) is 18.9 Å². The van der Waals surface area contributed by atoms with Gasteiger partial charge in [-0.05, 0) is 50.6 Å². The predicted molar refractivity (Wildman–Crippen MR) is 75.4 cm³/mol. The number of benzene rings is 1. The molecular formula is C13H18ClNO3S. The summed E-state index contributed by atoms with van der Waals surface area (Å²) in [6.07, 6.45) is 2.46. The zero-order valence-electron chi connectivity index (χ0n) is 10.9. The number of hydrogen-bond acceptors (Lipinski definition) is 4. The first-order chi connectivity index (χ1) is 8.97. The first-order valence-corrected chi connectivity index (χ1v) is 8.68. The normalized spacial score (nSPS) is 16.7. The molecular weight excluding hydrogens is 286 g/mol. The molecule has 1 aromatic carbocycles. The van der Waals surface area contributed by atoms with Crippen molar-refractivity contribution >= 4 is 19.7 Å². The number of likely N-dealkylation sites (tertiary alicyclic amines) is 1. The molecule has 19 heavy (non-hydrogen) atoms. The summed E-state index contributed by atoms with van der Waals surface area (Å²) in [5, 5.41) is 0. The monoisotopic (exact) mass is 303 g/mol. The molecule has 0 unspecified atom stereocenters. The predicted octanol–water partition coefficient (Wildman–Crippen LogP) is 2.40. The van der Waals surface area contributed by atoms with Crippen LogP contribution in [0.5, 0.6) is 5.75 Å². The maximum atomic E-state index is 11.5. The van der Waals surface area contributed by atoms with Gasteiger partial charge in [-0.2, -0.15) is 0 Å². The van der Waals surface area contributed by atoms with Crippen molar-refractivity contribution in [1.82, 2.24) is 4.90 Å². The Morgan fingerprint density at radius 1 is 1.32 bits per heavy atom. The van der Waals surface area contributed by atoms with E-state index in [4.69, 9.17) is 15.4 Å². The van der Waals surface area contributed by atoms with Gasteiger partial charge in [0.05, 0.1) is 0 Å². The second-order valence-electron chi connectivity index (χ2n) is 4.79. The van der Waals surface area contributed by atoms with Gasteiger partial charge in [-0.1, -0.05) is 6.07 Å². The standard InChI is InChI=1S/C13H18ClNO3S/c1-11-4-5-12(13(10-11)19(14,16)17)18-9-8-15-6-2-3-7-15/h4-5,10H,2-3,6-9H2,1H3. The number of hydrogen-bond donors (Lipinski definition) is 0. The molecule has 0 atom stereocenters. The molecule has 0 radical (unpaired) electrons. The third kappa shape index (κ3) is 4.09. The van der Waals surface area contributed by atoms with Gasteiger partial charge in [0.2, 0.25) is 0 Å². The largest absolute Gasteiger partial charge is 0.491 e. The summed E-state index contributed by atoms with van der Waals surface area (Å²) in [6.45, 7) is 5.30. The molecule has 2 rings (SSSR count). The highest BCUT2D eigenvalue weighted by Gasteiger charge is 2.18. The summed E-state index contributed by atoms with van der Waals surface area (Å²) < 4.78 is 28.6. The number of halogens is 1. The van der Waals surface area contributed by atoms with E-state index in [1.54, 1.807) is 6.07 Å². The number of nitrogens with zero attached hydrogens (tertiary/aromatic N) is 1. The Morgan fingerprint density at radius 2 is 2.00 bits per heavy atom. The van der Waals surface area contributed by atoms with Crippen LogP contribution < -0.4 is 4.74 Å². The smallest absolute Gasteiger partial charge is 0.264 e. The summed E-state index contributed by atoms with van der Waals surface area (Å²) in [5.74, 6) is 0.333. The van der Waals surface area contributed by atoms with E-state index in [-0.39, 0.29) is 4.90 Å². The molecule has 1 aliphatic rings. The minimum absolute atomic E-state index is 0.0515. The van der Waals surface area contributed by atoms with E-state index in [9.17, 15) is 8.42 Å². The molecule has 0 N–H and O–H groups in total. The molecule has 0 bridgehead atoms. The minimum Gasteiger partial charge on any atom is -0.491 e. The van der Waals surface area contributed by atoms with E-state index in [0.29, 0.717) is 12.4 Å². The molecule has 0 aromatic heterocycles. The van der Waals surface area contributed by atoms with Gasteiger partial charge in [0.15, 0.2) is 0 Å². The van der Waals surface area contributed by atoms with Crippen molar-refractivity contribution < 1.29 is 13.2 Å². The van der Waals surface area contributed by atoms with Crippen LogP contribution >= 0.6 is 10.7 Å². The van der Waals surface area contributed by atoms with E-state index in [2.05, 4.69) is 4.90 Å². The van der Waals surface area contributed by atoms with Crippen molar-refractivity contribution in [1.29, 1.82) is 0 Å². The lowest BCUT2D eigenvalue weighted by Gasteiger charge is -2.16. The molecule has 106 valence electrons. The van der Waals surface area contributed by atoms with Gasteiger partial charge in [0, 0.05) is 17.2 Å². The highest BCUT2D eigenvalue weighted by atomic mass is 35.7. The molecule has 1 heterocycles. The fourth-order valence-corrected chi connectivity index (χ4v) is 3.27. The first-order valence-electron chi connectivity index (χ1n) is 6.37. The van der Waals surface area contributed by atoms with Crippen LogP contribution in [-0.2, 0) is 9.05 Å². The van der Waals surface area contributed by atoms with Crippen molar-refractivity contribution in [3.63, 3.8) is 0 Å². The van der Waals surface area contributed by atoms with Crippen LogP contribution in [0.4, 0.5) is 0 Å². The summed E-state index contributed by atoms with van der Waals surface area (Å²) in [7, 11) is 1.65. The summed E-state index contributed by atoms with van der Waals surface area (Å²) in [6, 6.07) is 5.01. The van der Waals surface area contributed by atoms with Crippen LogP contribution in [0.1, 0.15) is 18.4 Å². The van der Waals surface area contributed by atoms with Crippen LogP contribution in [0, 0.1) is 6.92 Å². The fraction of sp³-hybridized carbons (Fsp3) is 0.538. The van der Waals surface area contributed by atoms with E-state index in [1.807, 2.05) is 13.0 Å². The lowest BCUT2D eigenvalue weighted by atomic mass is 10.2. The van der Waals surface area contributed by atoms with Crippen molar-refractivity contribution in [2.24, 2.45) is 0 Å². The Balaban J connectivity index is 2.03. The van der Waals surface area contributed by atoms with Crippen molar-refractivity contribution in [2.45, 2.75) is 24.7 Å². The van der Waals surface area contributed by atoms with Gasteiger partial charge in [0.1, 0.15) is 17.3 Å². The summed E-state index contributed by atoms with van der Waals surface area (Å²) in [4.78, 5) is 2.36. The zero-order chi connectivity index (χ0) is 13.9. The van der Waals surface area contributed by atoms with E-state index in [0.717, 1.165) is 25.2 Å². The van der Waals surface area contributed by atoms with Gasteiger partial charge in [-0.3, -0.25) is 4.90 Å². The van der Waals surface area contributed by atoms with E-state index >= 15 is 0 Å². The molecule has 0 spiro atoms. The molecule has 1 aliphatic heterocycles. The second-order valence-corrected chi connectivity index (χ2v) is 7.32. The quantitative estimate of drug-likeness (QED) is 0.784. The first kappa shape index (κ1) is 14.6. The van der Waals surface area contributed by atoms with Crippen LogP contribution in [0.2, 0.25) is 0 Å². The Bertz CT molecular complexity index is 539. The number of ether oxygens (including phenoxy) is 1. The minimum atomic E-state index is -3.77. The highest BCUT2D eigenvalue weighted by Crippen LogP contribution is 2.28. The Hall–Kier alpha value is -0.780. The molecule has 0 saturated carbocycles. The van der Waals surface area contributed by atoms with Crippen LogP contribution in [0.3, 0.4) is 0 Å². The number of aryl methyl sites for hydroxylation is 1. The Labute approximate surface area is 118 Å². The van der Waals surface area contributed by atoms with Crippen LogP contribution in [-0.4, -0.2) is 39.6 Å². The summed E-state index contributed by atoms with van der Waals surface area (Å²) >= 11 is 0. The molecule has 1 aromatic rings. The van der Waals surface area contributed by atoms with Crippen molar-refractivity contribution in [2.75, 3.05) is 26.2 Å². The van der Waals surface area contributed by atoms with Gasteiger partial charge in [-0.15, -0.1) is 0 Å². The molecule has 1 saturated heterocycles. The molecule has 0 aliphatic carbocycles. The average Bonchev–Trinajstić information content (AvgIpc) is 2.83. The average molecular weight is 304 g/mol. The van der Waals surface area contributed by atoms with Crippen LogP contribution in [0.25, 0.3) is 0 Å². The SMILES string of the molecule is Cc1ccc(OCCN2CCCC2)c(S(=O)(=O)Cl)c1. The van der Waals surface area contributed by atoms with Gasteiger partial charge in [-0.25, -0.2) is 8.42 Å². The lowest BCUT2D eigenvalue weighted by molar-refractivity contribution is 0.234. The molecule has 6 heteroatoms. The summed E-state index contributed by atoms with van der Waals surface area (Å²) in [5.41, 5.74) is 0.839. The van der Waals surface area contributed by atoms with Gasteiger partial charge < -0.3 is 4.74 Å². The second kappa shape index (κ2) is 6.11. The fourth-order valence-electron chi connectivity index (χ4n) is 2.22. The van der Waals surface area contributed by atoms with Crippen LogP contribution in [0.15, 0.2) is 23.1 Å². The Kier molecular flexibility index (Phi) is 4.71. The highest BCUT2D eigenvalue weighted by molar-refractivity contribution is 8.13.